The van der Waals surface area contributed by atoms with Gasteiger partial charge in [-0.15, -0.1) is 0 Å². The number of carbonyl (C=O) groups is 2. The number of benzene rings is 1. The largest absolute Gasteiger partial charge is 0.480 e. The maximum atomic E-state index is 11.3. The highest BCUT2D eigenvalue weighted by Crippen LogP contribution is 2.43. The Morgan fingerprint density at radius 1 is 1.10 bits per heavy atom. The van der Waals surface area contributed by atoms with E-state index in [0.717, 1.165) is 11.1 Å². The first-order valence-corrected chi connectivity index (χ1v) is 6.60. The van der Waals surface area contributed by atoms with Gasteiger partial charge in [-0.2, -0.15) is 0 Å². The van der Waals surface area contributed by atoms with Gasteiger partial charge >= 0.3 is 11.9 Å². The summed E-state index contributed by atoms with van der Waals surface area (Å²) < 4.78 is 0. The van der Waals surface area contributed by atoms with E-state index in [1.54, 1.807) is 0 Å². The molecule has 0 aromatic heterocycles. The third-order valence-corrected chi connectivity index (χ3v) is 4.33. The smallest absolute Gasteiger partial charge is 0.322 e. The Morgan fingerprint density at radius 3 is 1.85 bits per heavy atom. The molecule has 0 aliphatic carbocycles. The summed E-state index contributed by atoms with van der Waals surface area (Å²) >= 11 is 0. The molecule has 0 radical (unpaired) electrons. The third kappa shape index (κ3) is 2.08. The number of carboxylic acids is 2. The molecule has 0 spiro atoms. The maximum absolute atomic E-state index is 11.3. The molecule has 2 N–H and O–H groups in total. The van der Waals surface area contributed by atoms with E-state index < -0.39 is 17.4 Å². The van der Waals surface area contributed by atoms with Crippen molar-refractivity contribution in [2.75, 3.05) is 6.54 Å². The van der Waals surface area contributed by atoms with Crippen LogP contribution >= 0.6 is 0 Å². The number of hydrogen-bond donors (Lipinski definition) is 2. The average Bonchev–Trinajstić information content (AvgIpc) is 2.64. The van der Waals surface area contributed by atoms with E-state index in [2.05, 4.69) is 0 Å². The van der Waals surface area contributed by atoms with Crippen LogP contribution in [0.3, 0.4) is 0 Å². The first-order chi connectivity index (χ1) is 9.29. The van der Waals surface area contributed by atoms with Crippen LogP contribution in [0.5, 0.6) is 0 Å². The minimum absolute atomic E-state index is 0.0132. The highest BCUT2D eigenvalue weighted by atomic mass is 16.4. The first kappa shape index (κ1) is 14.5. The second kappa shape index (κ2) is 4.90. The van der Waals surface area contributed by atoms with Crippen molar-refractivity contribution >= 4 is 11.9 Å². The molecule has 0 saturated carbocycles. The zero-order valence-electron chi connectivity index (χ0n) is 11.8. The fraction of sp³-hybridized carbons (Fsp3) is 0.467. The summed E-state index contributed by atoms with van der Waals surface area (Å²) in [4.78, 5) is 24.6. The van der Waals surface area contributed by atoms with Crippen LogP contribution in [0.2, 0.25) is 0 Å². The van der Waals surface area contributed by atoms with Crippen molar-refractivity contribution in [2.45, 2.75) is 32.9 Å². The molecule has 20 heavy (non-hydrogen) atoms. The Hall–Kier alpha value is -1.88. The Bertz CT molecular complexity index is 512. The number of aliphatic carboxylic acids is 2. The molecule has 108 valence electrons. The quantitative estimate of drug-likeness (QED) is 0.826. The van der Waals surface area contributed by atoms with E-state index in [4.69, 9.17) is 0 Å². The Balaban J connectivity index is 2.32. The van der Waals surface area contributed by atoms with Gasteiger partial charge in [0.15, 0.2) is 5.41 Å². The summed E-state index contributed by atoms with van der Waals surface area (Å²) in [5, 5.41) is 18.5. The van der Waals surface area contributed by atoms with Gasteiger partial charge < -0.3 is 10.2 Å². The van der Waals surface area contributed by atoms with Crippen molar-refractivity contribution in [3.8, 4) is 0 Å². The van der Waals surface area contributed by atoms with Gasteiger partial charge in [-0.05, 0) is 31.9 Å². The Labute approximate surface area is 117 Å². The number of nitrogens with zero attached hydrogens (tertiary/aromatic N) is 1. The minimum atomic E-state index is -1.80. The number of hydrogen-bond acceptors (Lipinski definition) is 3. The molecule has 1 aliphatic heterocycles. The number of rotatable bonds is 4. The molecular formula is C15H19NO4. The van der Waals surface area contributed by atoms with Crippen molar-refractivity contribution in [1.29, 1.82) is 0 Å². The van der Waals surface area contributed by atoms with Crippen LogP contribution in [0.4, 0.5) is 0 Å². The van der Waals surface area contributed by atoms with Gasteiger partial charge in [0.2, 0.25) is 0 Å². The lowest BCUT2D eigenvalue weighted by atomic mass is 9.89. The lowest BCUT2D eigenvalue weighted by Crippen LogP contribution is -2.46. The molecule has 0 amide bonds. The fourth-order valence-electron chi connectivity index (χ4n) is 2.83. The molecular weight excluding hydrogens is 258 g/mol. The fourth-order valence-corrected chi connectivity index (χ4v) is 2.83. The molecule has 1 aromatic carbocycles. The van der Waals surface area contributed by atoms with Crippen LogP contribution in [0.25, 0.3) is 0 Å². The van der Waals surface area contributed by atoms with Crippen LogP contribution in [-0.4, -0.2) is 33.6 Å². The SMILES string of the molecule is CC1c2ccccc2C(C)N1CC(C)(C(=O)O)C(=O)O. The standard InChI is InChI=1S/C15H19NO4/c1-9-11-6-4-5-7-12(11)10(2)16(9)8-15(3,13(17)18)14(19)20/h4-7,9-10H,8H2,1-3H3,(H,17,18)(H,19,20). The molecule has 5 heteroatoms. The maximum Gasteiger partial charge on any atom is 0.322 e. The van der Waals surface area contributed by atoms with Gasteiger partial charge in [0.25, 0.3) is 0 Å². The van der Waals surface area contributed by atoms with Gasteiger partial charge in [-0.1, -0.05) is 24.3 Å². The van der Waals surface area contributed by atoms with Gasteiger partial charge in [0, 0.05) is 18.6 Å². The molecule has 0 bridgehead atoms. The minimum Gasteiger partial charge on any atom is -0.480 e. The zero-order valence-corrected chi connectivity index (χ0v) is 11.8. The van der Waals surface area contributed by atoms with Gasteiger partial charge in [-0.3, -0.25) is 14.5 Å². The lowest BCUT2D eigenvalue weighted by molar-refractivity contribution is -0.165. The second-order valence-corrected chi connectivity index (χ2v) is 5.60. The lowest BCUT2D eigenvalue weighted by Gasteiger charge is -2.32. The topological polar surface area (TPSA) is 77.8 Å². The van der Waals surface area contributed by atoms with Gasteiger partial charge in [0.1, 0.15) is 0 Å². The van der Waals surface area contributed by atoms with Crippen molar-refractivity contribution < 1.29 is 19.8 Å². The van der Waals surface area contributed by atoms with Crippen molar-refractivity contribution in [1.82, 2.24) is 4.90 Å². The summed E-state index contributed by atoms with van der Waals surface area (Å²) in [7, 11) is 0. The monoisotopic (exact) mass is 277 g/mol. The van der Waals surface area contributed by atoms with E-state index in [-0.39, 0.29) is 18.6 Å². The van der Waals surface area contributed by atoms with Crippen molar-refractivity contribution in [3.05, 3.63) is 35.4 Å². The van der Waals surface area contributed by atoms with Crippen LogP contribution in [0, 0.1) is 5.41 Å². The summed E-state index contributed by atoms with van der Waals surface area (Å²) in [6, 6.07) is 7.93. The molecule has 1 aromatic rings. The van der Waals surface area contributed by atoms with Crippen LogP contribution in [0.1, 0.15) is 44.0 Å². The Kier molecular flexibility index (Phi) is 3.56. The predicted octanol–water partition coefficient (Wildman–Crippen LogP) is 2.30. The first-order valence-electron chi connectivity index (χ1n) is 6.60. The van der Waals surface area contributed by atoms with Gasteiger partial charge in [-0.25, -0.2) is 0 Å². The highest BCUT2D eigenvalue weighted by molar-refractivity contribution is 5.98. The van der Waals surface area contributed by atoms with E-state index >= 15 is 0 Å². The zero-order chi connectivity index (χ0) is 15.1. The van der Waals surface area contributed by atoms with Crippen molar-refractivity contribution in [3.63, 3.8) is 0 Å². The number of fused-ring (bicyclic) bond motifs is 1. The van der Waals surface area contributed by atoms with Crippen LogP contribution in [0.15, 0.2) is 24.3 Å². The molecule has 1 heterocycles. The van der Waals surface area contributed by atoms with Gasteiger partial charge in [0.05, 0.1) is 0 Å². The molecule has 1 aliphatic rings. The molecule has 2 rings (SSSR count). The summed E-state index contributed by atoms with van der Waals surface area (Å²) in [5.41, 5.74) is 0.473. The Morgan fingerprint density at radius 2 is 1.50 bits per heavy atom. The normalized spacial score (nSPS) is 22.6. The summed E-state index contributed by atoms with van der Waals surface area (Å²) in [6.07, 6.45) is 0. The van der Waals surface area contributed by atoms with Crippen molar-refractivity contribution in [2.24, 2.45) is 5.41 Å². The summed E-state index contributed by atoms with van der Waals surface area (Å²) in [5.74, 6) is -2.61. The average molecular weight is 277 g/mol. The second-order valence-electron chi connectivity index (χ2n) is 5.60. The predicted molar refractivity (Wildman–Crippen MR) is 73.4 cm³/mol. The van der Waals surface area contributed by atoms with Crippen LogP contribution in [-0.2, 0) is 9.59 Å². The van der Waals surface area contributed by atoms with E-state index in [9.17, 15) is 19.8 Å². The van der Waals surface area contributed by atoms with E-state index in [0.29, 0.717) is 0 Å². The highest BCUT2D eigenvalue weighted by Gasteiger charge is 2.46. The molecule has 5 nitrogen and oxygen atoms in total. The summed E-state index contributed by atoms with van der Waals surface area (Å²) in [6.45, 7) is 5.20. The number of carboxylic acid groups (broad SMARTS) is 2. The molecule has 0 fully saturated rings. The molecule has 2 unspecified atom stereocenters. The molecule has 2 atom stereocenters. The molecule has 0 saturated heterocycles. The third-order valence-electron chi connectivity index (χ3n) is 4.33. The van der Waals surface area contributed by atoms with E-state index in [1.165, 1.54) is 6.92 Å². The van der Waals surface area contributed by atoms with E-state index in [1.807, 2.05) is 43.0 Å². The van der Waals surface area contributed by atoms with Crippen LogP contribution < -0.4 is 0 Å².